The number of rotatable bonds is 10. The van der Waals surface area contributed by atoms with Gasteiger partial charge in [0.1, 0.15) is 12.4 Å². The van der Waals surface area contributed by atoms with E-state index in [1.54, 1.807) is 36.5 Å². The number of nitrogens with one attached hydrogen (secondary N) is 1. The molecule has 0 unspecified atom stereocenters. The van der Waals surface area contributed by atoms with Gasteiger partial charge in [-0.2, -0.15) is 8.78 Å². The topological polar surface area (TPSA) is 77.5 Å². The maximum Gasteiger partial charge on any atom is 0.331 e. The van der Waals surface area contributed by atoms with E-state index in [2.05, 4.69) is 10.3 Å². The number of hydrogen-bond donors (Lipinski definition) is 1. The van der Waals surface area contributed by atoms with Crippen molar-refractivity contribution in [2.45, 2.75) is 17.3 Å². The molecule has 0 atom stereocenters. The molecular weight excluding hydrogens is 450 g/mol. The van der Waals surface area contributed by atoms with Crippen LogP contribution in [0.25, 0.3) is 6.08 Å². The van der Waals surface area contributed by atoms with Gasteiger partial charge in [0.05, 0.1) is 5.69 Å². The van der Waals surface area contributed by atoms with E-state index in [1.807, 2.05) is 18.2 Å². The highest BCUT2D eigenvalue weighted by Gasteiger charge is 2.08. The molecule has 3 rings (SSSR count). The summed E-state index contributed by atoms with van der Waals surface area (Å²) in [5.41, 5.74) is 1.98. The predicted molar refractivity (Wildman–Crippen MR) is 122 cm³/mol. The summed E-state index contributed by atoms with van der Waals surface area (Å²) in [5, 5.41) is 2.53. The first-order valence-electron chi connectivity index (χ1n) is 9.80. The molecule has 0 saturated heterocycles. The second-order valence-electron chi connectivity index (χ2n) is 6.57. The fourth-order valence-corrected chi connectivity index (χ4v) is 3.08. The van der Waals surface area contributed by atoms with Gasteiger partial charge in [-0.25, -0.2) is 4.79 Å². The van der Waals surface area contributed by atoms with E-state index < -0.39 is 24.2 Å². The summed E-state index contributed by atoms with van der Waals surface area (Å²) in [5.74, 6) is -3.07. The van der Waals surface area contributed by atoms with Crippen LogP contribution in [-0.4, -0.2) is 29.2 Å². The van der Waals surface area contributed by atoms with Crippen LogP contribution >= 0.6 is 11.8 Å². The number of thioether (sulfide) groups is 1. The molecule has 9 heteroatoms. The number of anilines is 1. The van der Waals surface area contributed by atoms with Crippen molar-refractivity contribution in [2.75, 3.05) is 11.9 Å². The summed E-state index contributed by atoms with van der Waals surface area (Å²) in [4.78, 5) is 28.3. The van der Waals surface area contributed by atoms with Gasteiger partial charge >= 0.3 is 5.97 Å². The number of carbonyl (C=O) groups excluding carboxylic acids is 2. The molecule has 1 amide bonds. The third-order valence-corrected chi connectivity index (χ3v) is 4.84. The average Bonchev–Trinajstić information content (AvgIpc) is 2.82. The van der Waals surface area contributed by atoms with Gasteiger partial charge in [0.2, 0.25) is 0 Å². The summed E-state index contributed by atoms with van der Waals surface area (Å²) < 4.78 is 35.2. The standard InChI is InChI=1S/C24H20F2N2O4S/c25-24(26)33-21-11-7-18(8-12-21)28-22(29)16-32-23(30)13-6-17-4-9-20(10-5-17)31-15-19-3-1-2-14-27-19/h1-14,24H,15-16H2,(H,28,29). The quantitative estimate of drug-likeness (QED) is 0.250. The lowest BCUT2D eigenvalue weighted by Crippen LogP contribution is -2.20. The Kier molecular flexibility index (Phi) is 8.96. The molecule has 1 heterocycles. The Balaban J connectivity index is 1.39. The largest absolute Gasteiger partial charge is 0.487 e. The fraction of sp³-hybridized carbons (Fsp3) is 0.125. The zero-order valence-corrected chi connectivity index (χ0v) is 18.1. The third kappa shape index (κ3) is 8.74. The Labute approximate surface area is 193 Å². The lowest BCUT2D eigenvalue weighted by Gasteiger charge is -2.07. The number of pyridine rings is 1. The summed E-state index contributed by atoms with van der Waals surface area (Å²) >= 11 is 0.413. The van der Waals surface area contributed by atoms with Crippen molar-refractivity contribution in [1.82, 2.24) is 4.98 Å². The molecule has 0 aliphatic carbocycles. The number of esters is 1. The number of nitrogens with zero attached hydrogens (tertiary/aromatic N) is 1. The smallest absolute Gasteiger partial charge is 0.331 e. The number of halogens is 2. The number of carbonyl (C=O) groups is 2. The van der Waals surface area contributed by atoms with Crippen LogP contribution < -0.4 is 10.1 Å². The Morgan fingerprint density at radius 2 is 1.79 bits per heavy atom. The van der Waals surface area contributed by atoms with E-state index in [0.717, 1.165) is 11.3 Å². The van der Waals surface area contributed by atoms with E-state index in [-0.39, 0.29) is 0 Å². The molecule has 0 aliphatic heterocycles. The maximum atomic E-state index is 12.3. The summed E-state index contributed by atoms with van der Waals surface area (Å²) in [6.07, 6.45) is 4.47. The van der Waals surface area contributed by atoms with Gasteiger partial charge in [0.15, 0.2) is 6.61 Å². The number of hydrogen-bond acceptors (Lipinski definition) is 6. The van der Waals surface area contributed by atoms with E-state index >= 15 is 0 Å². The van der Waals surface area contributed by atoms with Crippen LogP contribution in [0.4, 0.5) is 14.5 Å². The molecular formula is C24H20F2N2O4S. The van der Waals surface area contributed by atoms with Gasteiger partial charge in [0.25, 0.3) is 11.7 Å². The number of aromatic nitrogens is 1. The van der Waals surface area contributed by atoms with Crippen molar-refractivity contribution in [1.29, 1.82) is 0 Å². The van der Waals surface area contributed by atoms with Crippen LogP contribution in [-0.2, 0) is 20.9 Å². The van der Waals surface area contributed by atoms with Crippen LogP contribution in [0.3, 0.4) is 0 Å². The van der Waals surface area contributed by atoms with Gasteiger partial charge in [-0.1, -0.05) is 30.0 Å². The monoisotopic (exact) mass is 470 g/mol. The highest BCUT2D eigenvalue weighted by Crippen LogP contribution is 2.26. The van der Waals surface area contributed by atoms with Crippen molar-refractivity contribution in [3.8, 4) is 5.75 Å². The van der Waals surface area contributed by atoms with Crippen LogP contribution in [0.2, 0.25) is 0 Å². The zero-order chi connectivity index (χ0) is 23.5. The molecule has 1 N–H and O–H groups in total. The normalized spacial score (nSPS) is 10.9. The molecule has 6 nitrogen and oxygen atoms in total. The molecule has 0 aliphatic rings. The van der Waals surface area contributed by atoms with E-state index in [4.69, 9.17) is 9.47 Å². The molecule has 0 saturated carbocycles. The van der Waals surface area contributed by atoms with Crippen molar-refractivity contribution in [3.63, 3.8) is 0 Å². The van der Waals surface area contributed by atoms with Gasteiger partial charge in [0, 0.05) is 22.9 Å². The maximum absolute atomic E-state index is 12.3. The van der Waals surface area contributed by atoms with Gasteiger partial charge in [-0.3, -0.25) is 9.78 Å². The predicted octanol–water partition coefficient (Wildman–Crippen LogP) is 5.17. The highest BCUT2D eigenvalue weighted by atomic mass is 32.2. The van der Waals surface area contributed by atoms with E-state index in [0.29, 0.717) is 34.7 Å². The first kappa shape index (κ1) is 23.9. The molecule has 1 aromatic heterocycles. The van der Waals surface area contributed by atoms with Crippen LogP contribution in [0.1, 0.15) is 11.3 Å². The first-order chi connectivity index (χ1) is 16.0. The van der Waals surface area contributed by atoms with Crippen LogP contribution in [0.5, 0.6) is 5.75 Å². The second kappa shape index (κ2) is 12.4. The lowest BCUT2D eigenvalue weighted by atomic mass is 10.2. The number of ether oxygens (including phenoxy) is 2. The van der Waals surface area contributed by atoms with Gasteiger partial charge in [-0.05, 0) is 60.2 Å². The molecule has 0 spiro atoms. The van der Waals surface area contributed by atoms with Crippen molar-refractivity contribution < 1.29 is 27.8 Å². The van der Waals surface area contributed by atoms with Crippen LogP contribution in [0, 0.1) is 0 Å². The van der Waals surface area contributed by atoms with Crippen molar-refractivity contribution in [3.05, 3.63) is 90.3 Å². The minimum atomic E-state index is -2.51. The Hall–Kier alpha value is -3.72. The summed E-state index contributed by atoms with van der Waals surface area (Å²) in [6.45, 7) is -0.125. The van der Waals surface area contributed by atoms with Gasteiger partial charge in [-0.15, -0.1) is 0 Å². The molecule has 170 valence electrons. The first-order valence-corrected chi connectivity index (χ1v) is 10.7. The molecule has 0 fully saturated rings. The summed E-state index contributed by atoms with van der Waals surface area (Å²) in [6, 6.07) is 18.6. The number of alkyl halides is 2. The minimum Gasteiger partial charge on any atom is -0.487 e. The van der Waals surface area contributed by atoms with Crippen molar-refractivity contribution in [2.24, 2.45) is 0 Å². The van der Waals surface area contributed by atoms with Crippen LogP contribution in [0.15, 0.2) is 83.9 Å². The fourth-order valence-electron chi connectivity index (χ4n) is 2.58. The molecule has 33 heavy (non-hydrogen) atoms. The number of amides is 1. The SMILES string of the molecule is O=C(COC(=O)C=Cc1ccc(OCc2ccccn2)cc1)Nc1ccc(SC(F)F)cc1. The Morgan fingerprint density at radius 1 is 1.03 bits per heavy atom. The molecule has 0 radical (unpaired) electrons. The second-order valence-corrected chi connectivity index (χ2v) is 7.63. The number of benzene rings is 2. The highest BCUT2D eigenvalue weighted by molar-refractivity contribution is 7.99. The molecule has 0 bridgehead atoms. The zero-order valence-electron chi connectivity index (χ0n) is 17.3. The summed E-state index contributed by atoms with van der Waals surface area (Å²) in [7, 11) is 0. The molecule has 2 aromatic carbocycles. The Morgan fingerprint density at radius 3 is 2.45 bits per heavy atom. The van der Waals surface area contributed by atoms with E-state index in [9.17, 15) is 18.4 Å². The Bertz CT molecular complexity index is 1080. The van der Waals surface area contributed by atoms with Gasteiger partial charge < -0.3 is 14.8 Å². The van der Waals surface area contributed by atoms with Crippen molar-refractivity contribution >= 4 is 35.4 Å². The average molecular weight is 470 g/mol. The van der Waals surface area contributed by atoms with E-state index in [1.165, 1.54) is 30.3 Å². The molecule has 3 aromatic rings. The third-order valence-electron chi connectivity index (χ3n) is 4.11. The lowest BCUT2D eigenvalue weighted by molar-refractivity contribution is -0.142. The minimum absolute atomic E-state index is 0.350.